The Kier molecular flexibility index (Phi) is 3.45. The first-order chi connectivity index (χ1) is 6.77. The largest absolute Gasteiger partial charge is 0.314 e. The van der Waals surface area contributed by atoms with Crippen molar-refractivity contribution >= 4 is 0 Å². The van der Waals surface area contributed by atoms with Crippen LogP contribution in [-0.4, -0.2) is 36.1 Å². The molecule has 0 spiro atoms. The van der Waals surface area contributed by atoms with Crippen LogP contribution in [-0.2, 0) is 0 Å². The van der Waals surface area contributed by atoms with Crippen molar-refractivity contribution in [1.29, 1.82) is 0 Å². The van der Waals surface area contributed by atoms with Gasteiger partial charge in [0.15, 0.2) is 0 Å². The summed E-state index contributed by atoms with van der Waals surface area (Å²) in [6.45, 7) is 7.22. The quantitative estimate of drug-likeness (QED) is 0.723. The van der Waals surface area contributed by atoms with E-state index in [9.17, 15) is 0 Å². The zero-order chi connectivity index (χ0) is 9.97. The van der Waals surface area contributed by atoms with Gasteiger partial charge >= 0.3 is 0 Å². The summed E-state index contributed by atoms with van der Waals surface area (Å²) >= 11 is 0. The fourth-order valence-corrected chi connectivity index (χ4v) is 2.58. The molecule has 1 saturated carbocycles. The van der Waals surface area contributed by atoms with Crippen LogP contribution in [0.1, 0.15) is 46.0 Å². The molecule has 2 aliphatic rings. The minimum atomic E-state index is 0.740. The van der Waals surface area contributed by atoms with Gasteiger partial charge in [0.2, 0.25) is 0 Å². The highest BCUT2D eigenvalue weighted by Gasteiger charge is 2.30. The Morgan fingerprint density at radius 1 is 1.29 bits per heavy atom. The van der Waals surface area contributed by atoms with Crippen LogP contribution in [0.3, 0.4) is 0 Å². The van der Waals surface area contributed by atoms with Crippen molar-refractivity contribution in [2.45, 2.75) is 64.1 Å². The van der Waals surface area contributed by atoms with Crippen LogP contribution < -0.4 is 5.32 Å². The van der Waals surface area contributed by atoms with E-state index < -0.39 is 0 Å². The van der Waals surface area contributed by atoms with E-state index in [4.69, 9.17) is 0 Å². The summed E-state index contributed by atoms with van der Waals surface area (Å²) < 4.78 is 0. The first kappa shape index (κ1) is 10.4. The van der Waals surface area contributed by atoms with Gasteiger partial charge < -0.3 is 5.32 Å². The highest BCUT2D eigenvalue weighted by molar-refractivity contribution is 4.87. The molecule has 2 heteroatoms. The average Bonchev–Trinajstić information content (AvgIpc) is 2.82. The van der Waals surface area contributed by atoms with Crippen molar-refractivity contribution in [3.05, 3.63) is 0 Å². The zero-order valence-corrected chi connectivity index (χ0v) is 9.63. The van der Waals surface area contributed by atoms with E-state index in [-0.39, 0.29) is 0 Å². The van der Waals surface area contributed by atoms with Gasteiger partial charge in [-0.1, -0.05) is 0 Å². The summed E-state index contributed by atoms with van der Waals surface area (Å²) in [5, 5.41) is 3.58. The predicted molar refractivity (Wildman–Crippen MR) is 60.5 cm³/mol. The summed E-state index contributed by atoms with van der Waals surface area (Å²) in [6, 6.07) is 2.48. The molecule has 2 nitrogen and oxygen atoms in total. The Morgan fingerprint density at radius 3 is 2.57 bits per heavy atom. The molecule has 1 N–H and O–H groups in total. The molecule has 0 radical (unpaired) electrons. The topological polar surface area (TPSA) is 15.3 Å². The van der Waals surface area contributed by atoms with E-state index in [2.05, 4.69) is 24.1 Å². The van der Waals surface area contributed by atoms with Gasteiger partial charge in [-0.3, -0.25) is 4.90 Å². The second-order valence-corrected chi connectivity index (χ2v) is 5.14. The lowest BCUT2D eigenvalue weighted by Gasteiger charge is -2.27. The molecule has 1 atom stereocenters. The van der Waals surface area contributed by atoms with E-state index in [1.165, 1.54) is 45.2 Å². The Labute approximate surface area is 88.1 Å². The van der Waals surface area contributed by atoms with E-state index in [1.807, 2.05) is 0 Å². The molecule has 1 heterocycles. The van der Waals surface area contributed by atoms with Gasteiger partial charge in [0, 0.05) is 24.7 Å². The number of hydrogen-bond acceptors (Lipinski definition) is 2. The van der Waals surface area contributed by atoms with E-state index >= 15 is 0 Å². The summed E-state index contributed by atoms with van der Waals surface area (Å²) in [6.07, 6.45) is 7.02. The molecule has 2 fully saturated rings. The van der Waals surface area contributed by atoms with Gasteiger partial charge in [-0.15, -0.1) is 0 Å². The van der Waals surface area contributed by atoms with Gasteiger partial charge in [-0.25, -0.2) is 0 Å². The molecule has 1 unspecified atom stereocenters. The van der Waals surface area contributed by atoms with E-state index in [0.29, 0.717) is 0 Å². The summed E-state index contributed by atoms with van der Waals surface area (Å²) in [7, 11) is 0. The normalized spacial score (nSPS) is 27.9. The van der Waals surface area contributed by atoms with Crippen molar-refractivity contribution in [1.82, 2.24) is 10.2 Å². The van der Waals surface area contributed by atoms with Crippen molar-refractivity contribution in [3.63, 3.8) is 0 Å². The second kappa shape index (κ2) is 4.63. The lowest BCUT2D eigenvalue weighted by Crippen LogP contribution is -2.36. The fraction of sp³-hybridized carbons (Fsp3) is 1.00. The number of nitrogens with zero attached hydrogens (tertiary/aromatic N) is 1. The van der Waals surface area contributed by atoms with E-state index in [1.54, 1.807) is 0 Å². The van der Waals surface area contributed by atoms with Gasteiger partial charge in [0.1, 0.15) is 0 Å². The molecule has 82 valence electrons. The van der Waals surface area contributed by atoms with Crippen molar-refractivity contribution in [2.24, 2.45) is 0 Å². The molecule has 0 bridgehead atoms. The van der Waals surface area contributed by atoms with Gasteiger partial charge in [0.05, 0.1) is 0 Å². The van der Waals surface area contributed by atoms with Crippen LogP contribution in [0.15, 0.2) is 0 Å². The Bertz CT molecular complexity index is 167. The molecule has 1 aliphatic heterocycles. The smallest absolute Gasteiger partial charge is 0.00991 e. The second-order valence-electron chi connectivity index (χ2n) is 5.14. The summed E-state index contributed by atoms with van der Waals surface area (Å²) in [5.74, 6) is 0. The van der Waals surface area contributed by atoms with Crippen LogP contribution >= 0.6 is 0 Å². The number of hydrogen-bond donors (Lipinski definition) is 1. The van der Waals surface area contributed by atoms with Crippen LogP contribution in [0.4, 0.5) is 0 Å². The fourth-order valence-electron chi connectivity index (χ4n) is 2.58. The Hall–Kier alpha value is -0.0800. The first-order valence-electron chi connectivity index (χ1n) is 6.26. The summed E-state index contributed by atoms with van der Waals surface area (Å²) in [5.41, 5.74) is 0. The third kappa shape index (κ3) is 2.71. The SMILES string of the molecule is CC(C)N(CCC1CCCN1)C1CC1. The van der Waals surface area contributed by atoms with Gasteiger partial charge in [-0.2, -0.15) is 0 Å². The molecule has 0 aromatic heterocycles. The lowest BCUT2D eigenvalue weighted by atomic mass is 10.1. The standard InChI is InChI=1S/C12H24N2/c1-10(2)14(12-5-6-12)9-7-11-4-3-8-13-11/h10-13H,3-9H2,1-2H3. The van der Waals surface area contributed by atoms with Crippen molar-refractivity contribution < 1.29 is 0 Å². The highest BCUT2D eigenvalue weighted by atomic mass is 15.2. The molecular weight excluding hydrogens is 172 g/mol. The maximum Gasteiger partial charge on any atom is 0.00991 e. The lowest BCUT2D eigenvalue weighted by molar-refractivity contribution is 0.201. The maximum atomic E-state index is 3.58. The molecule has 2 rings (SSSR count). The highest BCUT2D eigenvalue weighted by Crippen LogP contribution is 2.29. The third-order valence-electron chi connectivity index (χ3n) is 3.58. The minimum absolute atomic E-state index is 0.740. The Morgan fingerprint density at radius 2 is 2.07 bits per heavy atom. The average molecular weight is 196 g/mol. The molecule has 1 saturated heterocycles. The monoisotopic (exact) mass is 196 g/mol. The van der Waals surface area contributed by atoms with Gasteiger partial charge in [0.25, 0.3) is 0 Å². The minimum Gasteiger partial charge on any atom is -0.314 e. The zero-order valence-electron chi connectivity index (χ0n) is 9.63. The molecule has 0 aromatic rings. The number of nitrogens with one attached hydrogen (secondary N) is 1. The Balaban J connectivity index is 1.70. The maximum absolute atomic E-state index is 3.58. The van der Waals surface area contributed by atoms with Crippen molar-refractivity contribution in [2.75, 3.05) is 13.1 Å². The van der Waals surface area contributed by atoms with Crippen molar-refractivity contribution in [3.8, 4) is 0 Å². The molecule has 0 aromatic carbocycles. The van der Waals surface area contributed by atoms with Gasteiger partial charge in [-0.05, 0) is 52.5 Å². The first-order valence-corrected chi connectivity index (χ1v) is 6.26. The van der Waals surface area contributed by atoms with Crippen LogP contribution in [0.2, 0.25) is 0 Å². The third-order valence-corrected chi connectivity index (χ3v) is 3.58. The van der Waals surface area contributed by atoms with Crippen LogP contribution in [0.25, 0.3) is 0 Å². The van der Waals surface area contributed by atoms with E-state index in [0.717, 1.165) is 18.1 Å². The van der Waals surface area contributed by atoms with Crippen LogP contribution in [0, 0.1) is 0 Å². The summed E-state index contributed by atoms with van der Waals surface area (Å²) in [4.78, 5) is 2.69. The predicted octanol–water partition coefficient (Wildman–Crippen LogP) is 2.00. The molecule has 14 heavy (non-hydrogen) atoms. The molecule has 1 aliphatic carbocycles. The number of rotatable bonds is 5. The molecular formula is C12H24N2. The molecule has 0 amide bonds. The van der Waals surface area contributed by atoms with Crippen LogP contribution in [0.5, 0.6) is 0 Å².